The molecule has 2 N–H and O–H groups in total. The monoisotopic (exact) mass is 442 g/mol. The second-order valence-electron chi connectivity index (χ2n) is 6.38. The molecular formula is C24H27FN2O5. The minimum absolute atomic E-state index is 0.232. The number of aromatic nitrogens is 1. The van der Waals surface area contributed by atoms with Gasteiger partial charge in [-0.1, -0.05) is 56.3 Å². The van der Waals surface area contributed by atoms with E-state index in [0.29, 0.717) is 5.39 Å². The SMILES string of the molecule is CC.CC(=O)O.O=C(CF)CNC(=O)Cn1ccc2ccc(-c3ccccc3)cc2c1=O. The number of carbonyl (C=O) groups is 3. The number of nitrogens with one attached hydrogen (secondary N) is 1. The normalized spacial score (nSPS) is 9.62. The van der Waals surface area contributed by atoms with Crippen LogP contribution in [-0.2, 0) is 20.9 Å². The molecule has 0 unspecified atom stereocenters. The van der Waals surface area contributed by atoms with Gasteiger partial charge in [0.1, 0.15) is 13.2 Å². The van der Waals surface area contributed by atoms with E-state index in [9.17, 15) is 18.8 Å². The number of carboxylic acids is 1. The number of pyridine rings is 1. The molecule has 1 heterocycles. The highest BCUT2D eigenvalue weighted by atomic mass is 19.1. The highest BCUT2D eigenvalue weighted by Crippen LogP contribution is 2.22. The fourth-order valence-electron chi connectivity index (χ4n) is 2.67. The van der Waals surface area contributed by atoms with Crippen LogP contribution in [0.1, 0.15) is 20.8 Å². The highest BCUT2D eigenvalue weighted by molar-refractivity contribution is 5.88. The Labute approximate surface area is 185 Å². The average molecular weight is 442 g/mol. The number of carboxylic acid groups (broad SMARTS) is 1. The fourth-order valence-corrected chi connectivity index (χ4v) is 2.67. The van der Waals surface area contributed by atoms with Crippen LogP contribution >= 0.6 is 0 Å². The summed E-state index contributed by atoms with van der Waals surface area (Å²) in [5, 5.41) is 11.0. The first-order valence-corrected chi connectivity index (χ1v) is 10.0. The van der Waals surface area contributed by atoms with E-state index < -0.39 is 24.3 Å². The summed E-state index contributed by atoms with van der Waals surface area (Å²) in [5.41, 5.74) is 1.60. The summed E-state index contributed by atoms with van der Waals surface area (Å²) in [6, 6.07) is 17.0. The molecule has 0 aliphatic carbocycles. The van der Waals surface area contributed by atoms with Crippen molar-refractivity contribution in [2.75, 3.05) is 13.2 Å². The first-order valence-electron chi connectivity index (χ1n) is 10.0. The minimum atomic E-state index is -1.13. The third-order valence-electron chi connectivity index (χ3n) is 4.03. The molecule has 1 aromatic heterocycles. The molecule has 7 nitrogen and oxygen atoms in total. The van der Waals surface area contributed by atoms with Crippen molar-refractivity contribution in [3.05, 3.63) is 71.1 Å². The summed E-state index contributed by atoms with van der Waals surface area (Å²) in [6.07, 6.45) is 1.53. The number of ketones is 1. The van der Waals surface area contributed by atoms with Crippen molar-refractivity contribution in [2.24, 2.45) is 0 Å². The fraction of sp³-hybridized carbons (Fsp3) is 0.250. The van der Waals surface area contributed by atoms with Gasteiger partial charge in [-0.2, -0.15) is 0 Å². The smallest absolute Gasteiger partial charge is 0.300 e. The summed E-state index contributed by atoms with van der Waals surface area (Å²) in [6.45, 7) is 3.35. The second kappa shape index (κ2) is 13.5. The maximum Gasteiger partial charge on any atom is 0.300 e. The van der Waals surface area contributed by atoms with Crippen molar-refractivity contribution in [3.63, 3.8) is 0 Å². The van der Waals surface area contributed by atoms with Gasteiger partial charge in [0, 0.05) is 18.5 Å². The predicted octanol–water partition coefficient (Wildman–Crippen LogP) is 3.44. The van der Waals surface area contributed by atoms with E-state index in [1.54, 1.807) is 12.1 Å². The molecule has 32 heavy (non-hydrogen) atoms. The molecule has 0 radical (unpaired) electrons. The Balaban J connectivity index is 0.000000769. The number of hydrogen-bond donors (Lipinski definition) is 2. The van der Waals surface area contributed by atoms with Gasteiger partial charge in [-0.05, 0) is 28.6 Å². The van der Waals surface area contributed by atoms with Gasteiger partial charge in [-0.3, -0.25) is 19.2 Å². The van der Waals surface area contributed by atoms with Crippen molar-refractivity contribution in [3.8, 4) is 11.1 Å². The molecule has 2 aromatic carbocycles. The molecule has 0 aliphatic rings. The maximum absolute atomic E-state index is 12.7. The van der Waals surface area contributed by atoms with Gasteiger partial charge in [0.15, 0.2) is 5.78 Å². The number of halogens is 1. The minimum Gasteiger partial charge on any atom is -0.481 e. The number of amides is 1. The highest BCUT2D eigenvalue weighted by Gasteiger charge is 2.10. The largest absolute Gasteiger partial charge is 0.481 e. The van der Waals surface area contributed by atoms with Gasteiger partial charge in [0.25, 0.3) is 11.5 Å². The quantitative estimate of drug-likeness (QED) is 0.608. The molecule has 3 aromatic rings. The standard InChI is InChI=1S/C20H17FN2O3.C2H4O2.C2H6/c21-11-17(24)12-22-19(25)13-23-9-8-15-6-7-16(10-18(15)20(23)26)14-4-2-1-3-5-14;1-2(3)4;1-2/h1-10H,11-13H2,(H,22,25);1H3,(H,3,4);1-2H3. The van der Waals surface area contributed by atoms with Gasteiger partial charge >= 0.3 is 0 Å². The summed E-state index contributed by atoms with van der Waals surface area (Å²) < 4.78 is 13.4. The van der Waals surface area contributed by atoms with Crippen LogP contribution in [0.4, 0.5) is 4.39 Å². The van der Waals surface area contributed by atoms with Crippen molar-refractivity contribution in [2.45, 2.75) is 27.3 Å². The number of Topliss-reactive ketones (excluding diaryl/α,β-unsaturated/α-hetero) is 1. The lowest BCUT2D eigenvalue weighted by Crippen LogP contribution is -2.35. The molecule has 0 atom stereocenters. The van der Waals surface area contributed by atoms with Crippen LogP contribution in [0.3, 0.4) is 0 Å². The number of aliphatic carboxylic acids is 1. The van der Waals surface area contributed by atoms with Crippen LogP contribution in [0.15, 0.2) is 65.6 Å². The zero-order chi connectivity index (χ0) is 24.1. The first-order chi connectivity index (χ1) is 15.3. The van der Waals surface area contributed by atoms with E-state index in [-0.39, 0.29) is 18.6 Å². The molecule has 0 spiro atoms. The topological polar surface area (TPSA) is 105 Å². The molecule has 170 valence electrons. The molecule has 0 saturated heterocycles. The second-order valence-corrected chi connectivity index (χ2v) is 6.38. The molecule has 0 fully saturated rings. The summed E-state index contributed by atoms with van der Waals surface area (Å²) in [5.74, 6) is -2.07. The Morgan fingerprint density at radius 1 is 1.00 bits per heavy atom. The summed E-state index contributed by atoms with van der Waals surface area (Å²) >= 11 is 0. The number of alkyl halides is 1. The summed E-state index contributed by atoms with van der Waals surface area (Å²) in [7, 11) is 0. The molecule has 0 aliphatic heterocycles. The third-order valence-corrected chi connectivity index (χ3v) is 4.03. The number of hydrogen-bond acceptors (Lipinski definition) is 4. The number of rotatable bonds is 6. The molecule has 1 amide bonds. The molecule has 8 heteroatoms. The predicted molar refractivity (Wildman–Crippen MR) is 122 cm³/mol. The van der Waals surface area contributed by atoms with E-state index in [4.69, 9.17) is 9.90 Å². The maximum atomic E-state index is 12.7. The van der Waals surface area contributed by atoms with Crippen LogP contribution in [0.2, 0.25) is 0 Å². The van der Waals surface area contributed by atoms with E-state index in [0.717, 1.165) is 23.4 Å². The Morgan fingerprint density at radius 3 is 2.22 bits per heavy atom. The van der Waals surface area contributed by atoms with Gasteiger partial charge in [-0.15, -0.1) is 0 Å². The lowest BCUT2D eigenvalue weighted by molar-refractivity contribution is -0.134. The number of benzene rings is 2. The zero-order valence-electron chi connectivity index (χ0n) is 18.3. The number of nitrogens with zero attached hydrogens (tertiary/aromatic N) is 1. The number of fused-ring (bicyclic) bond motifs is 1. The van der Waals surface area contributed by atoms with E-state index >= 15 is 0 Å². The van der Waals surface area contributed by atoms with Crippen LogP contribution in [0, 0.1) is 0 Å². The third kappa shape index (κ3) is 8.14. The molecule has 0 bridgehead atoms. The van der Waals surface area contributed by atoms with E-state index in [1.807, 2.05) is 56.3 Å². The summed E-state index contributed by atoms with van der Waals surface area (Å²) in [4.78, 5) is 44.5. The van der Waals surface area contributed by atoms with E-state index in [2.05, 4.69) is 5.32 Å². The van der Waals surface area contributed by atoms with Crippen LogP contribution in [0.25, 0.3) is 21.9 Å². The Hall–Kier alpha value is -3.81. The van der Waals surface area contributed by atoms with Gasteiger partial charge < -0.3 is 15.0 Å². The van der Waals surface area contributed by atoms with Gasteiger partial charge in [-0.25, -0.2) is 4.39 Å². The van der Waals surface area contributed by atoms with Crippen molar-refractivity contribution in [1.29, 1.82) is 0 Å². The Bertz CT molecular complexity index is 1110. The lowest BCUT2D eigenvalue weighted by Gasteiger charge is -2.09. The molecule has 3 rings (SSSR count). The molecular weight excluding hydrogens is 415 g/mol. The van der Waals surface area contributed by atoms with Crippen molar-refractivity contribution in [1.82, 2.24) is 9.88 Å². The zero-order valence-corrected chi connectivity index (χ0v) is 18.3. The van der Waals surface area contributed by atoms with Crippen LogP contribution in [-0.4, -0.2) is 40.6 Å². The first kappa shape index (κ1) is 26.2. The lowest BCUT2D eigenvalue weighted by atomic mass is 10.0. The van der Waals surface area contributed by atoms with Crippen molar-refractivity contribution >= 4 is 28.4 Å². The van der Waals surface area contributed by atoms with E-state index in [1.165, 1.54) is 10.8 Å². The average Bonchev–Trinajstić information content (AvgIpc) is 2.80. The van der Waals surface area contributed by atoms with Crippen LogP contribution in [0.5, 0.6) is 0 Å². The van der Waals surface area contributed by atoms with Crippen LogP contribution < -0.4 is 10.9 Å². The van der Waals surface area contributed by atoms with Crippen molar-refractivity contribution < 1.29 is 23.9 Å². The number of carbonyl (C=O) groups excluding carboxylic acids is 2. The Morgan fingerprint density at radius 2 is 1.62 bits per heavy atom. The Kier molecular flexibility index (Phi) is 11.1. The van der Waals surface area contributed by atoms with Gasteiger partial charge in [0.2, 0.25) is 5.91 Å². The van der Waals surface area contributed by atoms with Gasteiger partial charge in [0.05, 0.1) is 6.54 Å². The molecule has 0 saturated carbocycles.